The van der Waals surface area contributed by atoms with Crippen molar-refractivity contribution < 1.29 is 26.9 Å². The standard InChI is InChI=1S/C21H22O6S/c1-14-7-8-15(2)20(13-14)28(24,25)27-17-11-9-16(10-12-17)21(23)26-19-6-4-3-5-18(19)22/h7-13,19H,3-6H2,1-2H3/t19-/m1/s1. The molecule has 0 aliphatic heterocycles. The second-order valence-electron chi connectivity index (χ2n) is 6.94. The zero-order valence-corrected chi connectivity index (χ0v) is 16.6. The molecule has 1 saturated carbocycles. The van der Waals surface area contributed by atoms with Gasteiger partial charge < -0.3 is 8.92 Å². The van der Waals surface area contributed by atoms with Crippen LogP contribution in [0.5, 0.6) is 5.75 Å². The molecule has 1 aliphatic carbocycles. The summed E-state index contributed by atoms with van der Waals surface area (Å²) in [5.74, 6) is -0.574. The number of Topliss-reactive ketones (excluding diaryl/α,β-unsaturated/α-hetero) is 1. The molecule has 1 fully saturated rings. The Labute approximate surface area is 164 Å². The van der Waals surface area contributed by atoms with Crippen molar-refractivity contribution in [3.05, 3.63) is 59.2 Å². The molecule has 0 bridgehead atoms. The average Bonchev–Trinajstić information content (AvgIpc) is 2.65. The number of rotatable bonds is 5. The van der Waals surface area contributed by atoms with Crippen LogP contribution in [0.4, 0.5) is 0 Å². The van der Waals surface area contributed by atoms with Gasteiger partial charge in [-0.3, -0.25) is 4.79 Å². The average molecular weight is 402 g/mol. The lowest BCUT2D eigenvalue weighted by atomic mass is 9.96. The van der Waals surface area contributed by atoms with Gasteiger partial charge in [-0.15, -0.1) is 0 Å². The SMILES string of the molecule is Cc1ccc(C)c(S(=O)(=O)Oc2ccc(C(=O)O[C@@H]3CCCCC3=O)cc2)c1. The van der Waals surface area contributed by atoms with Gasteiger partial charge in [0.2, 0.25) is 0 Å². The van der Waals surface area contributed by atoms with Gasteiger partial charge in [-0.2, -0.15) is 8.42 Å². The Balaban J connectivity index is 1.71. The van der Waals surface area contributed by atoms with Crippen molar-refractivity contribution in [2.75, 3.05) is 0 Å². The molecule has 2 aromatic carbocycles. The number of hydrogen-bond acceptors (Lipinski definition) is 6. The van der Waals surface area contributed by atoms with Crippen LogP contribution in [-0.2, 0) is 19.6 Å². The zero-order valence-electron chi connectivity index (χ0n) is 15.8. The highest BCUT2D eigenvalue weighted by molar-refractivity contribution is 7.87. The van der Waals surface area contributed by atoms with E-state index in [1.807, 2.05) is 6.07 Å². The molecule has 0 saturated heterocycles. The highest BCUT2D eigenvalue weighted by Gasteiger charge is 2.26. The van der Waals surface area contributed by atoms with E-state index < -0.39 is 22.2 Å². The van der Waals surface area contributed by atoms with E-state index in [4.69, 9.17) is 8.92 Å². The van der Waals surface area contributed by atoms with Crippen LogP contribution in [0, 0.1) is 13.8 Å². The van der Waals surface area contributed by atoms with Gasteiger partial charge in [0.15, 0.2) is 11.9 Å². The Morgan fingerprint density at radius 3 is 2.43 bits per heavy atom. The second kappa shape index (κ2) is 8.14. The van der Waals surface area contributed by atoms with Crippen LogP contribution in [0.25, 0.3) is 0 Å². The molecule has 3 rings (SSSR count). The predicted octanol–water partition coefficient (Wildman–Crippen LogP) is 3.74. The van der Waals surface area contributed by atoms with Crippen LogP contribution in [0.15, 0.2) is 47.4 Å². The van der Waals surface area contributed by atoms with Crippen LogP contribution >= 0.6 is 0 Å². The van der Waals surface area contributed by atoms with Gasteiger partial charge in [-0.1, -0.05) is 12.1 Å². The van der Waals surface area contributed by atoms with Crippen LogP contribution in [-0.4, -0.2) is 26.3 Å². The number of benzene rings is 2. The van der Waals surface area contributed by atoms with Gasteiger partial charge in [0.25, 0.3) is 0 Å². The molecule has 0 aromatic heterocycles. The fourth-order valence-corrected chi connectivity index (χ4v) is 4.31. The number of ether oxygens (including phenoxy) is 1. The van der Waals surface area contributed by atoms with Gasteiger partial charge in [0.05, 0.1) is 5.56 Å². The molecule has 148 valence electrons. The quantitative estimate of drug-likeness (QED) is 0.559. The molecule has 1 atom stereocenters. The predicted molar refractivity (Wildman–Crippen MR) is 103 cm³/mol. The maximum Gasteiger partial charge on any atom is 0.339 e. The molecule has 7 heteroatoms. The molecule has 0 radical (unpaired) electrons. The van der Waals surface area contributed by atoms with Crippen molar-refractivity contribution >= 4 is 21.9 Å². The topological polar surface area (TPSA) is 86.7 Å². The second-order valence-corrected chi connectivity index (χ2v) is 8.45. The summed E-state index contributed by atoms with van der Waals surface area (Å²) in [5.41, 5.74) is 1.63. The third kappa shape index (κ3) is 4.59. The lowest BCUT2D eigenvalue weighted by Crippen LogP contribution is -2.30. The molecule has 28 heavy (non-hydrogen) atoms. The number of ketones is 1. The summed E-state index contributed by atoms with van der Waals surface area (Å²) in [6.45, 7) is 3.50. The minimum absolute atomic E-state index is 0.0563. The first kappa shape index (κ1) is 20.1. The normalized spacial score (nSPS) is 17.2. The Hall–Kier alpha value is -2.67. The Bertz CT molecular complexity index is 992. The minimum atomic E-state index is -3.99. The van der Waals surface area contributed by atoms with Gasteiger partial charge in [0.1, 0.15) is 10.6 Å². The third-order valence-corrected chi connectivity index (χ3v) is 6.05. The van der Waals surface area contributed by atoms with E-state index >= 15 is 0 Å². The van der Waals surface area contributed by atoms with Crippen LogP contribution in [0.2, 0.25) is 0 Å². The summed E-state index contributed by atoms with van der Waals surface area (Å²) in [6.07, 6.45) is 1.96. The summed E-state index contributed by atoms with van der Waals surface area (Å²) in [5, 5.41) is 0. The Morgan fingerprint density at radius 1 is 1.04 bits per heavy atom. The lowest BCUT2D eigenvalue weighted by molar-refractivity contribution is -0.129. The highest BCUT2D eigenvalue weighted by Crippen LogP contribution is 2.24. The first-order valence-corrected chi connectivity index (χ1v) is 10.5. The fraction of sp³-hybridized carbons (Fsp3) is 0.333. The molecule has 0 spiro atoms. The molecular weight excluding hydrogens is 380 g/mol. The van der Waals surface area contributed by atoms with E-state index in [1.165, 1.54) is 24.3 Å². The minimum Gasteiger partial charge on any atom is -0.451 e. The molecule has 0 unspecified atom stereocenters. The van der Waals surface area contributed by atoms with Crippen molar-refractivity contribution in [1.29, 1.82) is 0 Å². The largest absolute Gasteiger partial charge is 0.451 e. The maximum atomic E-state index is 12.5. The maximum absolute atomic E-state index is 12.5. The van der Waals surface area contributed by atoms with E-state index in [0.29, 0.717) is 18.4 Å². The molecule has 1 aliphatic rings. The number of aryl methyl sites for hydroxylation is 2. The first-order valence-electron chi connectivity index (χ1n) is 9.12. The van der Waals surface area contributed by atoms with Gasteiger partial charge in [-0.05, 0) is 74.6 Å². The number of carbonyl (C=O) groups is 2. The summed E-state index contributed by atoms with van der Waals surface area (Å²) < 4.78 is 35.6. The molecular formula is C21H22O6S. The summed E-state index contributed by atoms with van der Waals surface area (Å²) in [6, 6.07) is 10.7. The number of hydrogen-bond donors (Lipinski definition) is 0. The van der Waals surface area contributed by atoms with E-state index in [9.17, 15) is 18.0 Å². The van der Waals surface area contributed by atoms with Gasteiger partial charge >= 0.3 is 16.1 Å². The summed E-state index contributed by atoms with van der Waals surface area (Å²) in [4.78, 5) is 24.1. The van der Waals surface area contributed by atoms with Crippen molar-refractivity contribution in [2.45, 2.75) is 50.5 Å². The Morgan fingerprint density at radius 2 is 1.75 bits per heavy atom. The molecule has 6 nitrogen and oxygen atoms in total. The summed E-state index contributed by atoms with van der Waals surface area (Å²) in [7, 11) is -3.99. The summed E-state index contributed by atoms with van der Waals surface area (Å²) >= 11 is 0. The van der Waals surface area contributed by atoms with Gasteiger partial charge in [0, 0.05) is 6.42 Å². The van der Waals surface area contributed by atoms with Crippen LogP contribution < -0.4 is 4.18 Å². The van der Waals surface area contributed by atoms with E-state index in [0.717, 1.165) is 18.4 Å². The fourth-order valence-electron chi connectivity index (χ4n) is 3.07. The zero-order chi connectivity index (χ0) is 20.3. The first-order chi connectivity index (χ1) is 13.3. The molecule has 2 aromatic rings. The van der Waals surface area contributed by atoms with E-state index in [2.05, 4.69) is 0 Å². The van der Waals surface area contributed by atoms with Crippen molar-refractivity contribution in [3.8, 4) is 5.75 Å². The van der Waals surface area contributed by atoms with Crippen LogP contribution in [0.1, 0.15) is 47.2 Å². The van der Waals surface area contributed by atoms with Crippen molar-refractivity contribution in [1.82, 2.24) is 0 Å². The van der Waals surface area contributed by atoms with Crippen LogP contribution in [0.3, 0.4) is 0 Å². The lowest BCUT2D eigenvalue weighted by Gasteiger charge is -2.20. The van der Waals surface area contributed by atoms with Crippen molar-refractivity contribution in [3.63, 3.8) is 0 Å². The highest BCUT2D eigenvalue weighted by atomic mass is 32.2. The van der Waals surface area contributed by atoms with E-state index in [-0.39, 0.29) is 22.0 Å². The molecule has 0 amide bonds. The monoisotopic (exact) mass is 402 g/mol. The van der Waals surface area contributed by atoms with Crippen molar-refractivity contribution in [2.24, 2.45) is 0 Å². The number of carbonyl (C=O) groups excluding carboxylic acids is 2. The Kier molecular flexibility index (Phi) is 5.84. The number of esters is 1. The molecule has 0 heterocycles. The molecule has 0 N–H and O–H groups in total. The third-order valence-electron chi connectivity index (χ3n) is 4.66. The van der Waals surface area contributed by atoms with Gasteiger partial charge in [-0.25, -0.2) is 4.79 Å². The smallest absolute Gasteiger partial charge is 0.339 e. The van der Waals surface area contributed by atoms with E-state index in [1.54, 1.807) is 26.0 Å².